The second-order valence-electron chi connectivity index (χ2n) is 5.40. The fraction of sp³-hybridized carbons (Fsp3) is 0.833. The van der Waals surface area contributed by atoms with Crippen molar-refractivity contribution >= 4 is 11.9 Å². The van der Waals surface area contributed by atoms with Gasteiger partial charge >= 0.3 is 5.97 Å². The summed E-state index contributed by atoms with van der Waals surface area (Å²) in [5.74, 6) is -0.920. The van der Waals surface area contributed by atoms with E-state index in [9.17, 15) is 9.59 Å². The van der Waals surface area contributed by atoms with Gasteiger partial charge < -0.3 is 14.9 Å². The Kier molecular flexibility index (Phi) is 4.70. The van der Waals surface area contributed by atoms with Gasteiger partial charge in [0.05, 0.1) is 6.54 Å². The number of carboxylic acid groups (broad SMARTS) is 1. The first kappa shape index (κ1) is 14.9. The molecule has 1 rings (SSSR count). The minimum absolute atomic E-state index is 0.0000694. The van der Waals surface area contributed by atoms with Gasteiger partial charge in [0.2, 0.25) is 5.91 Å². The monoisotopic (exact) mass is 257 g/mol. The zero-order valence-electron chi connectivity index (χ0n) is 11.6. The Labute approximate surface area is 108 Å². The molecule has 6 nitrogen and oxygen atoms in total. The van der Waals surface area contributed by atoms with Crippen molar-refractivity contribution in [3.8, 4) is 0 Å². The third-order valence-corrected chi connectivity index (χ3v) is 3.71. The van der Waals surface area contributed by atoms with Crippen molar-refractivity contribution in [3.63, 3.8) is 0 Å². The van der Waals surface area contributed by atoms with Crippen molar-refractivity contribution in [2.75, 3.05) is 46.8 Å². The van der Waals surface area contributed by atoms with Crippen molar-refractivity contribution < 1.29 is 14.7 Å². The molecule has 0 unspecified atom stereocenters. The van der Waals surface area contributed by atoms with E-state index in [0.29, 0.717) is 0 Å². The van der Waals surface area contributed by atoms with Crippen LogP contribution in [0, 0.1) is 0 Å². The van der Waals surface area contributed by atoms with Gasteiger partial charge in [0.15, 0.2) is 0 Å². The number of carbonyl (C=O) groups excluding carboxylic acids is 1. The van der Waals surface area contributed by atoms with Crippen molar-refractivity contribution in [1.82, 2.24) is 14.7 Å². The highest BCUT2D eigenvalue weighted by molar-refractivity contribution is 5.81. The molecule has 1 N–H and O–H groups in total. The van der Waals surface area contributed by atoms with Crippen LogP contribution in [-0.2, 0) is 9.59 Å². The molecule has 1 aliphatic heterocycles. The Morgan fingerprint density at radius 3 is 2.17 bits per heavy atom. The highest BCUT2D eigenvalue weighted by Gasteiger charge is 2.34. The molecule has 18 heavy (non-hydrogen) atoms. The second kappa shape index (κ2) is 5.67. The van der Waals surface area contributed by atoms with Gasteiger partial charge in [-0.05, 0) is 27.9 Å². The van der Waals surface area contributed by atoms with Crippen LogP contribution < -0.4 is 0 Å². The van der Waals surface area contributed by atoms with Crippen molar-refractivity contribution in [1.29, 1.82) is 0 Å². The van der Waals surface area contributed by atoms with Gasteiger partial charge in [-0.25, -0.2) is 0 Å². The van der Waals surface area contributed by atoms with Crippen molar-refractivity contribution in [3.05, 3.63) is 0 Å². The highest BCUT2D eigenvalue weighted by atomic mass is 16.4. The van der Waals surface area contributed by atoms with E-state index >= 15 is 0 Å². The van der Waals surface area contributed by atoms with Gasteiger partial charge in [-0.15, -0.1) is 0 Å². The Morgan fingerprint density at radius 2 is 1.72 bits per heavy atom. The van der Waals surface area contributed by atoms with Gasteiger partial charge in [0, 0.05) is 26.2 Å². The first-order valence-electron chi connectivity index (χ1n) is 6.16. The molecule has 6 heteroatoms. The average Bonchev–Trinajstić information content (AvgIpc) is 2.29. The molecule has 104 valence electrons. The van der Waals surface area contributed by atoms with E-state index in [-0.39, 0.29) is 12.5 Å². The van der Waals surface area contributed by atoms with Gasteiger partial charge in [0.25, 0.3) is 0 Å². The fourth-order valence-electron chi connectivity index (χ4n) is 1.72. The molecule has 0 saturated carbocycles. The second-order valence-corrected chi connectivity index (χ2v) is 5.40. The minimum atomic E-state index is -1.03. The summed E-state index contributed by atoms with van der Waals surface area (Å²) >= 11 is 0. The molecule has 0 spiro atoms. The average molecular weight is 257 g/mol. The smallest absolute Gasteiger partial charge is 0.323 e. The fourth-order valence-corrected chi connectivity index (χ4v) is 1.72. The van der Waals surface area contributed by atoms with Gasteiger partial charge in [-0.3, -0.25) is 14.5 Å². The number of piperazine rings is 1. The first-order valence-corrected chi connectivity index (χ1v) is 6.16. The largest absolute Gasteiger partial charge is 0.480 e. The molecule has 1 fully saturated rings. The normalized spacial score (nSPS) is 18.2. The zero-order valence-corrected chi connectivity index (χ0v) is 11.6. The van der Waals surface area contributed by atoms with Crippen molar-refractivity contribution in [2.24, 2.45) is 0 Å². The van der Waals surface area contributed by atoms with Gasteiger partial charge in [-0.1, -0.05) is 0 Å². The van der Waals surface area contributed by atoms with E-state index in [1.165, 1.54) is 0 Å². The third-order valence-electron chi connectivity index (χ3n) is 3.71. The minimum Gasteiger partial charge on any atom is -0.480 e. The zero-order chi connectivity index (χ0) is 13.9. The van der Waals surface area contributed by atoms with Crippen LogP contribution in [0.25, 0.3) is 0 Å². The number of rotatable bonds is 4. The summed E-state index contributed by atoms with van der Waals surface area (Å²) in [5, 5.41) is 9.10. The van der Waals surface area contributed by atoms with E-state index in [1.54, 1.807) is 30.7 Å². The molecular formula is C12H23N3O3. The van der Waals surface area contributed by atoms with Crippen LogP contribution in [0.2, 0.25) is 0 Å². The first-order chi connectivity index (χ1) is 8.25. The molecule has 0 aromatic rings. The standard InChI is InChI=1S/C12H23N3O3/c1-12(2,11(17)18)14(4)9-10(16)15-7-5-13(3)6-8-15/h5-9H2,1-4H3,(H,17,18). The summed E-state index contributed by atoms with van der Waals surface area (Å²) in [6.07, 6.45) is 0. The molecule has 1 heterocycles. The Hall–Kier alpha value is -1.14. The van der Waals surface area contributed by atoms with Crippen LogP contribution in [0.5, 0.6) is 0 Å². The topological polar surface area (TPSA) is 64.1 Å². The summed E-state index contributed by atoms with van der Waals surface area (Å²) in [5.41, 5.74) is -1.03. The third kappa shape index (κ3) is 3.43. The van der Waals surface area contributed by atoms with Crippen LogP contribution in [0.4, 0.5) is 0 Å². The molecule has 0 aromatic heterocycles. The maximum absolute atomic E-state index is 12.1. The van der Waals surface area contributed by atoms with Gasteiger partial charge in [-0.2, -0.15) is 0 Å². The maximum Gasteiger partial charge on any atom is 0.323 e. The summed E-state index contributed by atoms with van der Waals surface area (Å²) < 4.78 is 0. The quantitative estimate of drug-likeness (QED) is 0.739. The number of aliphatic carboxylic acids is 1. The predicted octanol–water partition coefficient (Wildman–Crippen LogP) is -0.445. The molecule has 1 saturated heterocycles. The molecule has 0 atom stereocenters. The number of carboxylic acids is 1. The van der Waals surface area contributed by atoms with Crippen LogP contribution >= 0.6 is 0 Å². The molecule has 0 radical (unpaired) electrons. The number of hydrogen-bond acceptors (Lipinski definition) is 4. The lowest BCUT2D eigenvalue weighted by molar-refractivity contribution is -0.150. The molecule has 1 amide bonds. The lowest BCUT2D eigenvalue weighted by Gasteiger charge is -2.36. The molecule has 1 aliphatic rings. The van der Waals surface area contributed by atoms with E-state index in [2.05, 4.69) is 4.90 Å². The highest BCUT2D eigenvalue weighted by Crippen LogP contribution is 2.12. The van der Waals surface area contributed by atoms with Crippen LogP contribution in [-0.4, -0.2) is 84.0 Å². The van der Waals surface area contributed by atoms with E-state index in [1.807, 2.05) is 7.05 Å². The van der Waals surface area contributed by atoms with E-state index in [4.69, 9.17) is 5.11 Å². The molecule has 0 aromatic carbocycles. The molecule has 0 aliphatic carbocycles. The maximum atomic E-state index is 12.1. The molecular weight excluding hydrogens is 234 g/mol. The number of amides is 1. The number of carbonyl (C=O) groups is 2. The predicted molar refractivity (Wildman–Crippen MR) is 68.4 cm³/mol. The lowest BCUT2D eigenvalue weighted by atomic mass is 10.0. The SMILES string of the molecule is CN1CCN(C(=O)CN(C)C(C)(C)C(=O)O)CC1. The summed E-state index contributed by atoms with van der Waals surface area (Å²) in [4.78, 5) is 28.7. The molecule has 0 bridgehead atoms. The summed E-state index contributed by atoms with van der Waals surface area (Å²) in [7, 11) is 3.70. The lowest BCUT2D eigenvalue weighted by Crippen LogP contribution is -2.54. The Bertz CT molecular complexity index is 323. The van der Waals surface area contributed by atoms with Gasteiger partial charge in [0.1, 0.15) is 5.54 Å². The van der Waals surface area contributed by atoms with E-state index < -0.39 is 11.5 Å². The number of hydrogen-bond donors (Lipinski definition) is 1. The van der Waals surface area contributed by atoms with Crippen molar-refractivity contribution in [2.45, 2.75) is 19.4 Å². The van der Waals surface area contributed by atoms with Crippen LogP contribution in [0.1, 0.15) is 13.8 Å². The number of likely N-dealkylation sites (N-methyl/N-ethyl adjacent to an activating group) is 2. The Morgan fingerprint density at radius 1 is 1.22 bits per heavy atom. The van der Waals surface area contributed by atoms with E-state index in [0.717, 1.165) is 26.2 Å². The summed E-state index contributed by atoms with van der Waals surface area (Å²) in [6.45, 7) is 6.53. The summed E-state index contributed by atoms with van der Waals surface area (Å²) in [6, 6.07) is 0. The van der Waals surface area contributed by atoms with Crippen LogP contribution in [0.3, 0.4) is 0 Å². The Balaban J connectivity index is 2.52. The van der Waals surface area contributed by atoms with Crippen LogP contribution in [0.15, 0.2) is 0 Å². The number of nitrogens with zero attached hydrogens (tertiary/aromatic N) is 3.